The monoisotopic (exact) mass is 346 g/mol. The Balaban J connectivity index is 1.78. The van der Waals surface area contributed by atoms with Gasteiger partial charge in [-0.25, -0.2) is 4.98 Å². The second kappa shape index (κ2) is 7.35. The van der Waals surface area contributed by atoms with E-state index in [1.165, 1.54) is 23.3 Å². The summed E-state index contributed by atoms with van der Waals surface area (Å²) in [5.41, 5.74) is 2.88. The molecule has 0 saturated carbocycles. The van der Waals surface area contributed by atoms with Crippen LogP contribution in [-0.4, -0.2) is 24.6 Å². The highest BCUT2D eigenvalue weighted by Gasteiger charge is 2.40. The number of hydrogen-bond acceptors (Lipinski definition) is 3. The van der Waals surface area contributed by atoms with Crippen molar-refractivity contribution in [1.29, 1.82) is 0 Å². The lowest BCUT2D eigenvalue weighted by atomic mass is 10.00. The van der Waals surface area contributed by atoms with Gasteiger partial charge in [0.2, 0.25) is 0 Å². The summed E-state index contributed by atoms with van der Waals surface area (Å²) in [7, 11) is 0. The molecule has 23 heavy (non-hydrogen) atoms. The van der Waals surface area contributed by atoms with Crippen LogP contribution < -0.4 is 0 Å². The molecule has 0 amide bonds. The summed E-state index contributed by atoms with van der Waals surface area (Å²) in [6.07, 6.45) is 8.30. The number of rotatable bonds is 6. The van der Waals surface area contributed by atoms with E-state index in [1.54, 1.807) is 0 Å². The summed E-state index contributed by atoms with van der Waals surface area (Å²) in [4.78, 5) is 4.22. The Labute approximate surface area is 148 Å². The van der Waals surface area contributed by atoms with E-state index in [9.17, 15) is 0 Å². The van der Waals surface area contributed by atoms with Crippen molar-refractivity contribution in [3.05, 3.63) is 54.1 Å². The van der Waals surface area contributed by atoms with Gasteiger partial charge < -0.3 is 4.57 Å². The van der Waals surface area contributed by atoms with Crippen molar-refractivity contribution in [2.24, 2.45) is 0 Å². The van der Waals surface area contributed by atoms with E-state index in [0.29, 0.717) is 5.92 Å². The largest absolute Gasteiger partial charge is 0.335 e. The molecule has 1 aromatic heterocycles. The Morgan fingerprint density at radius 2 is 2.09 bits per heavy atom. The predicted octanol–water partition coefficient (Wildman–Crippen LogP) is 5.20. The first-order chi connectivity index (χ1) is 11.1. The predicted molar refractivity (Wildman–Crippen MR) is 103 cm³/mol. The molecule has 2 unspecified atom stereocenters. The Morgan fingerprint density at radius 1 is 1.30 bits per heavy atom. The topological polar surface area (TPSA) is 17.8 Å². The van der Waals surface area contributed by atoms with Crippen LogP contribution in [0.25, 0.3) is 0 Å². The lowest BCUT2D eigenvalue weighted by Gasteiger charge is -2.28. The Morgan fingerprint density at radius 3 is 2.65 bits per heavy atom. The maximum absolute atomic E-state index is 4.22. The molecule has 2 nitrogen and oxygen atoms in total. The number of benzene rings is 1. The SMILES string of the molecule is CCC1CSC(Cc2ccc(C(C)C)cc2)(Cn2ccnc2)S1. The molecular weight excluding hydrogens is 320 g/mol. The first-order valence-corrected chi connectivity index (χ1v) is 10.3. The van der Waals surface area contributed by atoms with Gasteiger partial charge in [0.05, 0.1) is 10.4 Å². The summed E-state index contributed by atoms with van der Waals surface area (Å²) in [5, 5.41) is 0.776. The summed E-state index contributed by atoms with van der Waals surface area (Å²) in [6.45, 7) is 7.85. The molecule has 3 rings (SSSR count). The third-order valence-corrected chi connectivity index (χ3v) is 8.23. The molecular formula is C19H26N2S2. The van der Waals surface area contributed by atoms with Crippen LogP contribution in [0.4, 0.5) is 0 Å². The third-order valence-electron chi connectivity index (χ3n) is 4.47. The molecule has 124 valence electrons. The van der Waals surface area contributed by atoms with Crippen LogP contribution in [0.5, 0.6) is 0 Å². The summed E-state index contributed by atoms with van der Waals surface area (Å²) >= 11 is 4.32. The highest BCUT2D eigenvalue weighted by Crippen LogP contribution is 2.51. The highest BCUT2D eigenvalue weighted by molar-refractivity contribution is 8.21. The fraction of sp³-hybridized carbons (Fsp3) is 0.526. The van der Waals surface area contributed by atoms with Gasteiger partial charge in [0.15, 0.2) is 0 Å². The fourth-order valence-electron chi connectivity index (χ4n) is 3.04. The van der Waals surface area contributed by atoms with E-state index in [4.69, 9.17) is 0 Å². The standard InChI is InChI=1S/C19H26N2S2/c1-4-18-12-22-19(23-18,13-21-10-9-20-14-21)11-16-5-7-17(8-6-16)15(2)3/h5-10,14-15,18H,4,11-13H2,1-3H3. The van der Waals surface area contributed by atoms with E-state index in [0.717, 1.165) is 18.2 Å². The second-order valence-corrected chi connectivity index (χ2v) is 10.0. The second-order valence-electron chi connectivity index (χ2n) is 6.68. The molecule has 0 aliphatic carbocycles. The summed E-state index contributed by atoms with van der Waals surface area (Å²) < 4.78 is 2.47. The van der Waals surface area contributed by atoms with E-state index in [1.807, 2.05) is 12.5 Å². The average Bonchev–Trinajstić information content (AvgIpc) is 3.18. The highest BCUT2D eigenvalue weighted by atomic mass is 32.2. The Kier molecular flexibility index (Phi) is 5.42. The van der Waals surface area contributed by atoms with Gasteiger partial charge in [-0.15, -0.1) is 23.5 Å². The average molecular weight is 347 g/mol. The maximum atomic E-state index is 4.22. The van der Waals surface area contributed by atoms with E-state index < -0.39 is 0 Å². The smallest absolute Gasteiger partial charge is 0.0946 e. The van der Waals surface area contributed by atoms with Gasteiger partial charge in [-0.05, 0) is 29.9 Å². The molecule has 0 bridgehead atoms. The molecule has 0 spiro atoms. The molecule has 1 aliphatic heterocycles. The van der Waals surface area contributed by atoms with Crippen LogP contribution in [0, 0.1) is 0 Å². The number of nitrogens with zero attached hydrogens (tertiary/aromatic N) is 2. The normalized spacial score (nSPS) is 24.4. The molecule has 0 N–H and O–H groups in total. The first-order valence-electron chi connectivity index (χ1n) is 8.46. The van der Waals surface area contributed by atoms with Gasteiger partial charge in [-0.2, -0.15) is 0 Å². The van der Waals surface area contributed by atoms with Crippen LogP contribution >= 0.6 is 23.5 Å². The van der Waals surface area contributed by atoms with Gasteiger partial charge >= 0.3 is 0 Å². The minimum Gasteiger partial charge on any atom is -0.335 e. The van der Waals surface area contributed by atoms with Gasteiger partial charge in [-0.1, -0.05) is 45.0 Å². The Hall–Kier alpha value is -0.870. The molecule has 0 radical (unpaired) electrons. The van der Waals surface area contributed by atoms with Crippen LogP contribution in [-0.2, 0) is 13.0 Å². The van der Waals surface area contributed by atoms with Crippen LogP contribution in [0.2, 0.25) is 0 Å². The van der Waals surface area contributed by atoms with Crippen LogP contribution in [0.1, 0.15) is 44.2 Å². The van der Waals surface area contributed by atoms with Crippen molar-refractivity contribution in [2.45, 2.75) is 55.4 Å². The van der Waals surface area contributed by atoms with Crippen LogP contribution in [0.3, 0.4) is 0 Å². The van der Waals surface area contributed by atoms with Gasteiger partial charge in [-0.3, -0.25) is 0 Å². The molecule has 2 aromatic rings. The molecule has 2 heterocycles. The minimum atomic E-state index is 0.237. The van der Waals surface area contributed by atoms with Crippen molar-refractivity contribution < 1.29 is 0 Å². The lowest BCUT2D eigenvalue weighted by Crippen LogP contribution is -2.27. The van der Waals surface area contributed by atoms with Crippen molar-refractivity contribution in [3.8, 4) is 0 Å². The maximum Gasteiger partial charge on any atom is 0.0946 e. The zero-order chi connectivity index (χ0) is 16.3. The number of thioether (sulfide) groups is 2. The first kappa shape index (κ1) is 17.0. The molecule has 4 heteroatoms. The number of hydrogen-bond donors (Lipinski definition) is 0. The molecule has 1 saturated heterocycles. The number of aromatic nitrogens is 2. The van der Waals surface area contributed by atoms with E-state index in [-0.39, 0.29) is 4.08 Å². The van der Waals surface area contributed by atoms with Crippen molar-refractivity contribution >= 4 is 23.5 Å². The van der Waals surface area contributed by atoms with E-state index in [2.05, 4.69) is 84.3 Å². The van der Waals surface area contributed by atoms with Crippen molar-refractivity contribution in [2.75, 3.05) is 5.75 Å². The number of imidazole rings is 1. The fourth-order valence-corrected chi connectivity index (χ4v) is 6.88. The molecule has 1 aliphatic rings. The summed E-state index contributed by atoms with van der Waals surface area (Å²) in [6, 6.07) is 9.25. The van der Waals surface area contributed by atoms with Gasteiger partial charge in [0.25, 0.3) is 0 Å². The quantitative estimate of drug-likeness (QED) is 0.715. The zero-order valence-electron chi connectivity index (χ0n) is 14.2. The third kappa shape index (κ3) is 4.16. The molecule has 1 fully saturated rings. The van der Waals surface area contributed by atoms with Crippen molar-refractivity contribution in [1.82, 2.24) is 9.55 Å². The Bertz CT molecular complexity index is 607. The van der Waals surface area contributed by atoms with Gasteiger partial charge in [0.1, 0.15) is 0 Å². The minimum absolute atomic E-state index is 0.237. The summed E-state index contributed by atoms with van der Waals surface area (Å²) in [5.74, 6) is 1.86. The van der Waals surface area contributed by atoms with Crippen LogP contribution in [0.15, 0.2) is 43.0 Å². The van der Waals surface area contributed by atoms with Crippen molar-refractivity contribution in [3.63, 3.8) is 0 Å². The van der Waals surface area contributed by atoms with E-state index >= 15 is 0 Å². The molecule has 1 aromatic carbocycles. The molecule has 2 atom stereocenters. The zero-order valence-corrected chi connectivity index (χ0v) is 15.9. The lowest BCUT2D eigenvalue weighted by molar-refractivity contribution is 0.624. The van der Waals surface area contributed by atoms with Gasteiger partial charge in [0, 0.05) is 29.9 Å².